The van der Waals surface area contributed by atoms with Crippen molar-refractivity contribution in [2.24, 2.45) is 7.05 Å². The molecule has 0 aliphatic carbocycles. The molecule has 4 nitrogen and oxygen atoms in total. The molecule has 0 amide bonds. The summed E-state index contributed by atoms with van der Waals surface area (Å²) in [6, 6.07) is 4.94. The molecule has 2 rings (SSSR count). The standard InChI is InChI=1S/C8H8BClN2O2/c1-12-8(10)6-3-2-5(9(13)14)4-7(6)11-12/h2-4,13-14H,1H3. The van der Waals surface area contributed by atoms with Gasteiger partial charge < -0.3 is 10.0 Å². The Morgan fingerprint density at radius 2 is 2.14 bits per heavy atom. The van der Waals surface area contributed by atoms with Crippen molar-refractivity contribution in [2.75, 3.05) is 0 Å². The zero-order valence-corrected chi connectivity index (χ0v) is 8.23. The van der Waals surface area contributed by atoms with Gasteiger partial charge in [-0.1, -0.05) is 17.7 Å². The van der Waals surface area contributed by atoms with E-state index < -0.39 is 7.12 Å². The van der Waals surface area contributed by atoms with Crippen molar-refractivity contribution in [1.29, 1.82) is 0 Å². The van der Waals surface area contributed by atoms with Gasteiger partial charge in [0, 0.05) is 12.4 Å². The number of aryl methyl sites for hydroxylation is 1. The van der Waals surface area contributed by atoms with Crippen LogP contribution in [0.5, 0.6) is 0 Å². The Kier molecular flexibility index (Phi) is 2.22. The highest BCUT2D eigenvalue weighted by molar-refractivity contribution is 6.59. The van der Waals surface area contributed by atoms with Gasteiger partial charge in [-0.25, -0.2) is 0 Å². The molecule has 0 aliphatic heterocycles. The third-order valence-electron chi connectivity index (χ3n) is 2.08. The van der Waals surface area contributed by atoms with Gasteiger partial charge in [-0.05, 0) is 17.6 Å². The van der Waals surface area contributed by atoms with Gasteiger partial charge in [0.1, 0.15) is 5.15 Å². The Balaban J connectivity index is 2.67. The largest absolute Gasteiger partial charge is 0.488 e. The molecule has 1 aromatic carbocycles. The van der Waals surface area contributed by atoms with Crippen LogP contribution in [0, 0.1) is 0 Å². The molecule has 0 aliphatic rings. The summed E-state index contributed by atoms with van der Waals surface area (Å²) in [7, 11) is 0.261. The molecule has 1 aromatic heterocycles. The SMILES string of the molecule is Cn1nc2cc(B(O)O)ccc2c1Cl. The van der Waals surface area contributed by atoms with Crippen LogP contribution in [0.15, 0.2) is 18.2 Å². The van der Waals surface area contributed by atoms with Crippen LogP contribution in [0.25, 0.3) is 10.9 Å². The van der Waals surface area contributed by atoms with Crippen LogP contribution in [0.3, 0.4) is 0 Å². The number of fused-ring (bicyclic) bond motifs is 1. The van der Waals surface area contributed by atoms with Crippen LogP contribution in [0.2, 0.25) is 5.15 Å². The number of benzene rings is 1. The fraction of sp³-hybridized carbons (Fsp3) is 0.125. The highest BCUT2D eigenvalue weighted by atomic mass is 35.5. The molecular formula is C8H8BClN2O2. The summed E-state index contributed by atoms with van der Waals surface area (Å²) in [6.45, 7) is 0. The van der Waals surface area contributed by atoms with Crippen molar-refractivity contribution >= 4 is 35.1 Å². The van der Waals surface area contributed by atoms with E-state index in [1.807, 2.05) is 0 Å². The first-order valence-corrected chi connectivity index (χ1v) is 4.45. The average molecular weight is 210 g/mol. The second kappa shape index (κ2) is 3.27. The number of aromatic nitrogens is 2. The van der Waals surface area contributed by atoms with Crippen LogP contribution in [0.4, 0.5) is 0 Å². The maximum atomic E-state index is 8.95. The van der Waals surface area contributed by atoms with Crippen molar-refractivity contribution in [3.8, 4) is 0 Å². The van der Waals surface area contributed by atoms with E-state index in [1.54, 1.807) is 29.9 Å². The van der Waals surface area contributed by atoms with Crippen molar-refractivity contribution < 1.29 is 10.0 Å². The van der Waals surface area contributed by atoms with Crippen LogP contribution >= 0.6 is 11.6 Å². The van der Waals surface area contributed by atoms with E-state index >= 15 is 0 Å². The highest BCUT2D eigenvalue weighted by Crippen LogP contribution is 2.20. The Bertz CT molecular complexity index is 483. The van der Waals surface area contributed by atoms with Crippen LogP contribution in [0.1, 0.15) is 0 Å². The van der Waals surface area contributed by atoms with E-state index in [2.05, 4.69) is 5.10 Å². The molecule has 0 bridgehead atoms. The lowest BCUT2D eigenvalue weighted by Crippen LogP contribution is -2.29. The van der Waals surface area contributed by atoms with Gasteiger partial charge in [-0.3, -0.25) is 4.68 Å². The molecule has 0 saturated heterocycles. The lowest BCUT2D eigenvalue weighted by molar-refractivity contribution is 0.426. The predicted molar refractivity (Wildman–Crippen MR) is 55.5 cm³/mol. The summed E-state index contributed by atoms with van der Waals surface area (Å²) in [6.07, 6.45) is 0. The van der Waals surface area contributed by atoms with Crippen molar-refractivity contribution in [1.82, 2.24) is 9.78 Å². The molecule has 2 N–H and O–H groups in total. The van der Waals surface area contributed by atoms with Gasteiger partial charge in [0.2, 0.25) is 0 Å². The first kappa shape index (κ1) is 9.52. The van der Waals surface area contributed by atoms with Crippen LogP contribution < -0.4 is 5.46 Å². The number of rotatable bonds is 1. The van der Waals surface area contributed by atoms with E-state index in [1.165, 1.54) is 0 Å². The van der Waals surface area contributed by atoms with Gasteiger partial charge in [-0.2, -0.15) is 5.10 Å². The molecule has 0 saturated carbocycles. The molecule has 2 aromatic rings. The minimum absolute atomic E-state index is 0.410. The van der Waals surface area contributed by atoms with Gasteiger partial charge >= 0.3 is 7.12 Å². The number of hydrogen-bond donors (Lipinski definition) is 2. The quantitative estimate of drug-likeness (QED) is 0.647. The average Bonchev–Trinajstić information content (AvgIpc) is 2.42. The molecule has 72 valence electrons. The summed E-state index contributed by atoms with van der Waals surface area (Å²) in [4.78, 5) is 0. The smallest absolute Gasteiger partial charge is 0.423 e. The maximum absolute atomic E-state index is 8.95. The normalized spacial score (nSPS) is 10.9. The third-order valence-corrected chi connectivity index (χ3v) is 2.53. The molecule has 6 heteroatoms. The van der Waals surface area contributed by atoms with Crippen molar-refractivity contribution in [3.05, 3.63) is 23.4 Å². The Labute approximate surface area is 85.9 Å². The fourth-order valence-electron chi connectivity index (χ4n) is 1.35. The number of hydrogen-bond acceptors (Lipinski definition) is 3. The summed E-state index contributed by atoms with van der Waals surface area (Å²) >= 11 is 5.95. The second-order valence-corrected chi connectivity index (χ2v) is 3.42. The van der Waals surface area contributed by atoms with E-state index in [4.69, 9.17) is 21.6 Å². The molecule has 0 fully saturated rings. The zero-order valence-electron chi connectivity index (χ0n) is 7.48. The first-order chi connectivity index (χ1) is 6.59. The summed E-state index contributed by atoms with van der Waals surface area (Å²) in [5, 5.41) is 23.4. The van der Waals surface area contributed by atoms with E-state index in [0.717, 1.165) is 5.39 Å². The van der Waals surface area contributed by atoms with Crippen LogP contribution in [-0.2, 0) is 7.05 Å². The van der Waals surface area contributed by atoms with E-state index in [-0.39, 0.29) is 0 Å². The lowest BCUT2D eigenvalue weighted by Gasteiger charge is -1.97. The number of nitrogens with zero attached hydrogens (tertiary/aromatic N) is 2. The second-order valence-electron chi connectivity index (χ2n) is 3.06. The minimum Gasteiger partial charge on any atom is -0.423 e. The molecule has 0 spiro atoms. The monoisotopic (exact) mass is 210 g/mol. The van der Waals surface area contributed by atoms with Crippen LogP contribution in [-0.4, -0.2) is 26.9 Å². The summed E-state index contributed by atoms with van der Waals surface area (Å²) < 4.78 is 1.54. The maximum Gasteiger partial charge on any atom is 0.488 e. The zero-order chi connectivity index (χ0) is 10.3. The predicted octanol–water partition coefficient (Wildman–Crippen LogP) is -0.0935. The van der Waals surface area contributed by atoms with E-state index in [0.29, 0.717) is 16.1 Å². The Morgan fingerprint density at radius 3 is 2.79 bits per heavy atom. The summed E-state index contributed by atoms with van der Waals surface area (Å²) in [5.41, 5.74) is 1.07. The molecular weight excluding hydrogens is 202 g/mol. The number of halogens is 1. The third kappa shape index (κ3) is 1.39. The van der Waals surface area contributed by atoms with E-state index in [9.17, 15) is 0 Å². The molecule has 0 unspecified atom stereocenters. The van der Waals surface area contributed by atoms with Gasteiger partial charge in [0.15, 0.2) is 0 Å². The van der Waals surface area contributed by atoms with Gasteiger partial charge in [0.25, 0.3) is 0 Å². The lowest BCUT2D eigenvalue weighted by atomic mass is 9.80. The molecule has 14 heavy (non-hydrogen) atoms. The van der Waals surface area contributed by atoms with Crippen molar-refractivity contribution in [3.63, 3.8) is 0 Å². The molecule has 0 radical (unpaired) electrons. The highest BCUT2D eigenvalue weighted by Gasteiger charge is 2.13. The fourth-order valence-corrected chi connectivity index (χ4v) is 1.54. The van der Waals surface area contributed by atoms with Crippen molar-refractivity contribution in [2.45, 2.75) is 0 Å². The topological polar surface area (TPSA) is 58.3 Å². The first-order valence-electron chi connectivity index (χ1n) is 4.08. The summed E-state index contributed by atoms with van der Waals surface area (Å²) in [5.74, 6) is 0. The molecule has 0 atom stereocenters. The van der Waals surface area contributed by atoms with Gasteiger partial charge in [0.05, 0.1) is 5.52 Å². The Morgan fingerprint density at radius 1 is 1.43 bits per heavy atom. The molecule has 1 heterocycles. The minimum atomic E-state index is -1.47. The Hall–Kier alpha value is -1.04. The van der Waals surface area contributed by atoms with Gasteiger partial charge in [-0.15, -0.1) is 0 Å².